The zero-order valence-corrected chi connectivity index (χ0v) is 25.7. The van der Waals surface area contributed by atoms with Crippen LogP contribution in [0, 0.1) is 13.8 Å². The monoisotopic (exact) mass is 619 g/mol. The minimum Gasteiger partial charge on any atom is -0.494 e. The van der Waals surface area contributed by atoms with Gasteiger partial charge >= 0.3 is 0 Å². The summed E-state index contributed by atoms with van der Waals surface area (Å²) in [5.74, 6) is -1.03. The molecule has 3 aromatic carbocycles. The van der Waals surface area contributed by atoms with Crippen LogP contribution >= 0.6 is 11.6 Å². The molecular weight excluding hydrogens is 586 g/mol. The molecular formula is C33H34ClN3O5S. The molecule has 224 valence electrons. The van der Waals surface area contributed by atoms with E-state index < -0.39 is 21.4 Å². The summed E-state index contributed by atoms with van der Waals surface area (Å²) in [6.07, 6.45) is 3.06. The van der Waals surface area contributed by atoms with Crippen LogP contribution in [-0.4, -0.2) is 54.7 Å². The van der Waals surface area contributed by atoms with E-state index in [1.165, 1.54) is 0 Å². The Morgan fingerprint density at radius 1 is 0.953 bits per heavy atom. The van der Waals surface area contributed by atoms with E-state index in [9.17, 15) is 18.0 Å². The van der Waals surface area contributed by atoms with Crippen LogP contribution in [0.3, 0.4) is 0 Å². The number of ether oxygens (including phenoxy) is 1. The highest BCUT2D eigenvalue weighted by atomic mass is 35.5. The van der Waals surface area contributed by atoms with Gasteiger partial charge in [-0.05, 0) is 73.2 Å². The fourth-order valence-electron chi connectivity index (χ4n) is 5.33. The summed E-state index contributed by atoms with van der Waals surface area (Å²) in [6, 6.07) is 19.0. The Morgan fingerprint density at radius 2 is 1.63 bits per heavy atom. The highest BCUT2D eigenvalue weighted by molar-refractivity contribution is 7.92. The normalized spacial score (nSPS) is 11.7. The molecule has 2 aromatic heterocycles. The summed E-state index contributed by atoms with van der Waals surface area (Å²) in [7, 11) is -3.77. The van der Waals surface area contributed by atoms with E-state index in [1.807, 2.05) is 74.5 Å². The predicted octanol–water partition coefficient (Wildman–Crippen LogP) is 5.89. The number of fused-ring (bicyclic) bond motifs is 2. The Kier molecular flexibility index (Phi) is 9.22. The van der Waals surface area contributed by atoms with Crippen LogP contribution in [-0.2, 0) is 27.5 Å². The molecule has 8 nitrogen and oxygen atoms in total. The van der Waals surface area contributed by atoms with E-state index >= 15 is 0 Å². The van der Waals surface area contributed by atoms with E-state index in [1.54, 1.807) is 6.20 Å². The number of hydrogen-bond donors (Lipinski definition) is 3. The maximum Gasteiger partial charge on any atom is 0.224 e. The maximum atomic E-state index is 13.3. The zero-order chi connectivity index (χ0) is 30.6. The third-order valence-corrected chi connectivity index (χ3v) is 9.58. The summed E-state index contributed by atoms with van der Waals surface area (Å²) in [6.45, 7) is 4.21. The van der Waals surface area contributed by atoms with Crippen molar-refractivity contribution in [3.05, 3.63) is 99.8 Å². The van der Waals surface area contributed by atoms with Gasteiger partial charge in [0.05, 0.1) is 24.5 Å². The average Bonchev–Trinajstić information content (AvgIpc) is 3.55. The molecule has 0 saturated carbocycles. The second-order valence-electron chi connectivity index (χ2n) is 10.7. The summed E-state index contributed by atoms with van der Waals surface area (Å²) in [4.78, 5) is 32.0. The number of Topliss-reactive ketones (excluding diaryl/α,β-unsaturated/α-hetero) is 1. The number of hydrogen-bond acceptors (Lipinski definition) is 5. The van der Waals surface area contributed by atoms with Crippen LogP contribution < -0.4 is 10.1 Å². The molecule has 0 aliphatic heterocycles. The number of nitrogens with one attached hydrogen (secondary N) is 3. The molecule has 0 unspecified atom stereocenters. The number of benzene rings is 3. The van der Waals surface area contributed by atoms with Gasteiger partial charge in [0.2, 0.25) is 5.91 Å². The first kappa shape index (κ1) is 30.4. The lowest BCUT2D eigenvalue weighted by Crippen LogP contribution is -2.32. The molecule has 5 aromatic rings. The van der Waals surface area contributed by atoms with Crippen molar-refractivity contribution in [1.29, 1.82) is 0 Å². The highest BCUT2D eigenvalue weighted by Gasteiger charge is 2.23. The number of rotatable bonds is 13. The molecule has 0 aliphatic carbocycles. The van der Waals surface area contributed by atoms with Gasteiger partial charge in [-0.15, -0.1) is 0 Å². The van der Waals surface area contributed by atoms with Crippen molar-refractivity contribution in [1.82, 2.24) is 15.3 Å². The number of amides is 1. The molecule has 43 heavy (non-hydrogen) atoms. The average molecular weight is 620 g/mol. The number of halogens is 1. The Balaban J connectivity index is 1.18. The van der Waals surface area contributed by atoms with Gasteiger partial charge in [0.15, 0.2) is 15.6 Å². The smallest absolute Gasteiger partial charge is 0.224 e. The van der Waals surface area contributed by atoms with Crippen molar-refractivity contribution in [3.63, 3.8) is 0 Å². The number of sulfone groups is 1. The maximum absolute atomic E-state index is 13.3. The number of ketones is 1. The van der Waals surface area contributed by atoms with E-state index in [-0.39, 0.29) is 24.6 Å². The topological polar surface area (TPSA) is 121 Å². The quantitative estimate of drug-likeness (QED) is 0.112. The molecule has 2 heterocycles. The van der Waals surface area contributed by atoms with Gasteiger partial charge in [0.25, 0.3) is 0 Å². The largest absolute Gasteiger partial charge is 0.494 e. The van der Waals surface area contributed by atoms with Crippen LogP contribution in [0.25, 0.3) is 21.8 Å². The first-order valence-electron chi connectivity index (χ1n) is 14.2. The lowest BCUT2D eigenvalue weighted by molar-refractivity contribution is -0.120. The third-order valence-electron chi connectivity index (χ3n) is 7.45. The number of carbonyl (C=O) groups excluding carboxylic acids is 2. The van der Waals surface area contributed by atoms with E-state index in [0.29, 0.717) is 25.1 Å². The lowest BCUT2D eigenvalue weighted by atomic mass is 10.0. The van der Waals surface area contributed by atoms with Gasteiger partial charge in [-0.1, -0.05) is 48.0 Å². The van der Waals surface area contributed by atoms with Crippen molar-refractivity contribution in [2.45, 2.75) is 33.1 Å². The zero-order valence-electron chi connectivity index (χ0n) is 24.1. The Bertz CT molecular complexity index is 1890. The molecule has 0 atom stereocenters. The minimum atomic E-state index is -3.77. The van der Waals surface area contributed by atoms with Gasteiger partial charge < -0.3 is 20.0 Å². The van der Waals surface area contributed by atoms with E-state index in [2.05, 4.69) is 15.3 Å². The standard InChI is InChI=1S/C33H34ClN3O5S/c1-21-16-24(17-22(2)32(21)34)42-14-7-10-27-26-9-4-6-12-29(26)37-33(27)30(38)20-43(40,41)15-13-35-31(39)18-23-19-36-28-11-5-3-8-25(23)28/h3-6,8-9,11-12,16-17,19,36-37H,7,10,13-15,18,20H2,1-2H3,(H,35,39). The van der Waals surface area contributed by atoms with Crippen molar-refractivity contribution < 1.29 is 22.7 Å². The fraction of sp³-hybridized carbons (Fsp3) is 0.273. The SMILES string of the molecule is Cc1cc(OCCCc2c(C(=O)CS(=O)(=O)CCNC(=O)Cc3c[nH]c4ccccc34)[nH]c3ccccc23)cc(C)c1Cl. The number of aromatic amines is 2. The molecule has 5 rings (SSSR count). The summed E-state index contributed by atoms with van der Waals surface area (Å²) >= 11 is 6.26. The van der Waals surface area contributed by atoms with Crippen LogP contribution in [0.4, 0.5) is 0 Å². The van der Waals surface area contributed by atoms with Crippen LogP contribution in [0.15, 0.2) is 66.9 Å². The third kappa shape index (κ3) is 7.29. The van der Waals surface area contributed by atoms with E-state index in [4.69, 9.17) is 16.3 Å². The van der Waals surface area contributed by atoms with Gasteiger partial charge in [-0.2, -0.15) is 0 Å². The minimum absolute atomic E-state index is 0.0721. The highest BCUT2D eigenvalue weighted by Crippen LogP contribution is 2.27. The first-order valence-corrected chi connectivity index (χ1v) is 16.4. The lowest BCUT2D eigenvalue weighted by Gasteiger charge is -2.10. The molecule has 0 aliphatic rings. The number of aromatic nitrogens is 2. The number of carbonyl (C=O) groups is 2. The Hall–Kier alpha value is -4.08. The predicted molar refractivity (Wildman–Crippen MR) is 171 cm³/mol. The van der Waals surface area contributed by atoms with Gasteiger partial charge in [-0.3, -0.25) is 9.59 Å². The molecule has 3 N–H and O–H groups in total. The Labute approximate surface area is 255 Å². The van der Waals surface area contributed by atoms with Crippen LogP contribution in [0.1, 0.15) is 39.2 Å². The van der Waals surface area contributed by atoms with Crippen LogP contribution in [0.2, 0.25) is 5.02 Å². The second-order valence-corrected chi connectivity index (χ2v) is 13.3. The molecule has 0 saturated heterocycles. The summed E-state index contributed by atoms with van der Waals surface area (Å²) in [5.41, 5.74) is 5.49. The van der Waals surface area contributed by atoms with Crippen molar-refractivity contribution >= 4 is 54.9 Å². The first-order chi connectivity index (χ1) is 20.6. The summed E-state index contributed by atoms with van der Waals surface area (Å²) in [5, 5.41) is 5.22. The number of para-hydroxylation sites is 2. The van der Waals surface area contributed by atoms with Gasteiger partial charge in [0, 0.05) is 39.6 Å². The number of aryl methyl sites for hydroxylation is 3. The molecule has 0 fully saturated rings. The summed E-state index contributed by atoms with van der Waals surface area (Å²) < 4.78 is 31.7. The molecule has 0 spiro atoms. The Morgan fingerprint density at radius 3 is 2.37 bits per heavy atom. The second kappa shape index (κ2) is 13.1. The fourth-order valence-corrected chi connectivity index (χ4v) is 6.54. The molecule has 1 amide bonds. The molecule has 0 bridgehead atoms. The van der Waals surface area contributed by atoms with E-state index in [0.717, 1.165) is 54.8 Å². The van der Waals surface area contributed by atoms with Gasteiger partial charge in [0.1, 0.15) is 11.5 Å². The van der Waals surface area contributed by atoms with Crippen molar-refractivity contribution in [3.8, 4) is 5.75 Å². The molecule has 0 radical (unpaired) electrons. The van der Waals surface area contributed by atoms with Crippen LogP contribution in [0.5, 0.6) is 5.75 Å². The molecule has 10 heteroatoms. The van der Waals surface area contributed by atoms with Crippen molar-refractivity contribution in [2.24, 2.45) is 0 Å². The number of H-pyrrole nitrogens is 2. The van der Waals surface area contributed by atoms with Gasteiger partial charge in [-0.25, -0.2) is 8.42 Å². The van der Waals surface area contributed by atoms with Crippen molar-refractivity contribution in [2.75, 3.05) is 24.7 Å².